The Bertz CT molecular complexity index is 736. The molecule has 1 aromatic carbocycles. The normalized spacial score (nSPS) is 20.2. The number of esters is 1. The minimum Gasteiger partial charge on any atom is -0.462 e. The van der Waals surface area contributed by atoms with Crippen molar-refractivity contribution in [3.63, 3.8) is 0 Å². The molecule has 0 aliphatic carbocycles. The summed E-state index contributed by atoms with van der Waals surface area (Å²) in [6.45, 7) is 2.71. The minimum atomic E-state index is -0.375. The van der Waals surface area contributed by atoms with E-state index in [1.165, 1.54) is 0 Å². The number of anilines is 1. The van der Waals surface area contributed by atoms with Gasteiger partial charge in [0.1, 0.15) is 12.2 Å². The summed E-state index contributed by atoms with van der Waals surface area (Å²) in [5.74, 6) is -0.672. The molecule has 0 N–H and O–H groups in total. The van der Waals surface area contributed by atoms with Gasteiger partial charge < -0.3 is 9.64 Å². The predicted octanol–water partition coefficient (Wildman–Crippen LogP) is 2.29. The van der Waals surface area contributed by atoms with Crippen LogP contribution in [0.25, 0.3) is 0 Å². The Balaban J connectivity index is 1.93. The smallest absolute Gasteiger partial charge is 0.338 e. The summed E-state index contributed by atoms with van der Waals surface area (Å²) in [5.41, 5.74) is 1.10. The molecule has 0 unspecified atom stereocenters. The maximum atomic E-state index is 12.4. The van der Waals surface area contributed by atoms with Gasteiger partial charge in [0.25, 0.3) is 5.91 Å². The zero-order valence-corrected chi connectivity index (χ0v) is 14.1. The van der Waals surface area contributed by atoms with Crippen LogP contribution in [-0.2, 0) is 9.53 Å². The standard InChI is InChI=1S/C18H20N4O3/c1-2-25-18(24)13-7-9-14(10-8-13)22-16-6-4-3-5-11-21(16)17(23)15(12-19)20-22/h7-10,16H,2-6,11H2,1H3/t16-/m1/s1. The van der Waals surface area contributed by atoms with Crippen LogP contribution in [0.5, 0.6) is 0 Å². The van der Waals surface area contributed by atoms with Crippen LogP contribution in [-0.4, -0.2) is 41.8 Å². The number of benzene rings is 1. The van der Waals surface area contributed by atoms with Gasteiger partial charge >= 0.3 is 5.97 Å². The van der Waals surface area contributed by atoms with Crippen LogP contribution >= 0.6 is 0 Å². The fraction of sp³-hybridized carbons (Fsp3) is 0.444. The Hall–Kier alpha value is -2.88. The zero-order valence-electron chi connectivity index (χ0n) is 14.1. The van der Waals surface area contributed by atoms with Gasteiger partial charge in [0.2, 0.25) is 5.71 Å². The molecule has 25 heavy (non-hydrogen) atoms. The van der Waals surface area contributed by atoms with E-state index in [9.17, 15) is 14.9 Å². The number of carbonyl (C=O) groups excluding carboxylic acids is 2. The third-order valence-electron chi connectivity index (χ3n) is 4.42. The van der Waals surface area contributed by atoms with E-state index < -0.39 is 0 Å². The van der Waals surface area contributed by atoms with E-state index >= 15 is 0 Å². The Morgan fingerprint density at radius 1 is 1.32 bits per heavy atom. The predicted molar refractivity (Wildman–Crippen MR) is 91.9 cm³/mol. The molecule has 7 nitrogen and oxygen atoms in total. The van der Waals surface area contributed by atoms with Gasteiger partial charge in [-0.3, -0.25) is 4.79 Å². The lowest BCUT2D eigenvalue weighted by Gasteiger charge is -2.40. The molecule has 0 radical (unpaired) electrons. The summed E-state index contributed by atoms with van der Waals surface area (Å²) in [6, 6.07) is 8.78. The lowest BCUT2D eigenvalue weighted by Crippen LogP contribution is -2.55. The van der Waals surface area contributed by atoms with Crippen molar-refractivity contribution in [2.45, 2.75) is 38.8 Å². The van der Waals surface area contributed by atoms with E-state index in [1.54, 1.807) is 41.1 Å². The molecule has 2 aliphatic rings. The van der Waals surface area contributed by atoms with E-state index in [0.717, 1.165) is 31.4 Å². The van der Waals surface area contributed by atoms with Gasteiger partial charge in [-0.15, -0.1) is 0 Å². The van der Waals surface area contributed by atoms with Gasteiger partial charge in [-0.05, 0) is 50.5 Å². The fourth-order valence-electron chi connectivity index (χ4n) is 3.20. The quantitative estimate of drug-likeness (QED) is 0.788. The molecule has 0 spiro atoms. The van der Waals surface area contributed by atoms with Crippen molar-refractivity contribution >= 4 is 23.3 Å². The molecule has 2 aliphatic heterocycles. The number of nitriles is 1. The number of nitrogens with zero attached hydrogens (tertiary/aromatic N) is 4. The monoisotopic (exact) mass is 340 g/mol. The summed E-state index contributed by atoms with van der Waals surface area (Å²) < 4.78 is 4.99. The molecule has 3 rings (SSSR count). The molecule has 0 aromatic heterocycles. The first-order valence-electron chi connectivity index (χ1n) is 8.51. The molecule has 1 fully saturated rings. The topological polar surface area (TPSA) is 86.0 Å². The number of hydrazone groups is 1. The fourth-order valence-corrected chi connectivity index (χ4v) is 3.20. The van der Waals surface area contributed by atoms with Crippen LogP contribution in [0.1, 0.15) is 43.0 Å². The Kier molecular flexibility index (Phi) is 4.98. The number of amides is 1. The van der Waals surface area contributed by atoms with E-state index in [0.29, 0.717) is 18.7 Å². The van der Waals surface area contributed by atoms with Gasteiger partial charge in [-0.2, -0.15) is 10.4 Å². The van der Waals surface area contributed by atoms with E-state index in [-0.39, 0.29) is 23.8 Å². The van der Waals surface area contributed by atoms with Crippen molar-refractivity contribution in [3.05, 3.63) is 29.8 Å². The average Bonchev–Trinajstić information content (AvgIpc) is 2.89. The van der Waals surface area contributed by atoms with Crippen molar-refractivity contribution in [1.82, 2.24) is 4.90 Å². The molecule has 1 atom stereocenters. The molecule has 130 valence electrons. The highest BCUT2D eigenvalue weighted by Gasteiger charge is 2.37. The second-order valence-corrected chi connectivity index (χ2v) is 6.00. The third-order valence-corrected chi connectivity index (χ3v) is 4.42. The van der Waals surface area contributed by atoms with Crippen molar-refractivity contribution in [2.24, 2.45) is 5.10 Å². The average molecular weight is 340 g/mol. The Morgan fingerprint density at radius 2 is 2.08 bits per heavy atom. The molecule has 7 heteroatoms. The first kappa shape index (κ1) is 17.0. The van der Waals surface area contributed by atoms with Crippen LogP contribution in [0.2, 0.25) is 0 Å². The Morgan fingerprint density at radius 3 is 2.76 bits per heavy atom. The van der Waals surface area contributed by atoms with Gasteiger partial charge in [-0.25, -0.2) is 9.80 Å². The summed E-state index contributed by atoms with van der Waals surface area (Å²) >= 11 is 0. The maximum Gasteiger partial charge on any atom is 0.338 e. The van der Waals surface area contributed by atoms with Crippen LogP contribution in [0, 0.1) is 11.3 Å². The van der Waals surface area contributed by atoms with Gasteiger partial charge in [0, 0.05) is 6.54 Å². The highest BCUT2D eigenvalue weighted by Crippen LogP contribution is 2.29. The summed E-state index contributed by atoms with van der Waals surface area (Å²) in [5, 5.41) is 15.2. The number of hydrogen-bond donors (Lipinski definition) is 0. The Labute approximate surface area is 146 Å². The molecule has 0 bridgehead atoms. The molecule has 1 aromatic rings. The first-order chi connectivity index (χ1) is 12.2. The number of carbonyl (C=O) groups is 2. The van der Waals surface area contributed by atoms with Crippen molar-refractivity contribution < 1.29 is 14.3 Å². The van der Waals surface area contributed by atoms with Crippen LogP contribution < -0.4 is 5.01 Å². The number of ether oxygens (including phenoxy) is 1. The molecular formula is C18H20N4O3. The van der Waals surface area contributed by atoms with Crippen molar-refractivity contribution in [2.75, 3.05) is 18.2 Å². The largest absolute Gasteiger partial charge is 0.462 e. The van der Waals surface area contributed by atoms with Gasteiger partial charge in [0.15, 0.2) is 0 Å². The summed E-state index contributed by atoms with van der Waals surface area (Å²) in [4.78, 5) is 25.9. The molecule has 1 amide bonds. The van der Waals surface area contributed by atoms with Crippen LogP contribution in [0.4, 0.5) is 5.69 Å². The lowest BCUT2D eigenvalue weighted by molar-refractivity contribution is -0.126. The SMILES string of the molecule is CCOC(=O)c1ccc(N2N=C(C#N)C(=O)N3CCCCC[C@H]32)cc1. The highest BCUT2D eigenvalue weighted by molar-refractivity contribution is 6.45. The second-order valence-electron chi connectivity index (χ2n) is 6.00. The van der Waals surface area contributed by atoms with Gasteiger partial charge in [-0.1, -0.05) is 6.42 Å². The molecule has 0 saturated carbocycles. The van der Waals surface area contributed by atoms with Crippen molar-refractivity contribution in [1.29, 1.82) is 5.26 Å². The number of fused-ring (bicyclic) bond motifs is 1. The maximum absolute atomic E-state index is 12.4. The van der Waals surface area contributed by atoms with Crippen molar-refractivity contribution in [3.8, 4) is 6.07 Å². The molecule has 1 saturated heterocycles. The first-order valence-corrected chi connectivity index (χ1v) is 8.51. The number of hydrogen-bond acceptors (Lipinski definition) is 6. The summed E-state index contributed by atoms with van der Waals surface area (Å²) in [7, 11) is 0. The second kappa shape index (κ2) is 7.34. The molecular weight excluding hydrogens is 320 g/mol. The van der Waals surface area contributed by atoms with Gasteiger partial charge in [0.05, 0.1) is 17.9 Å². The highest BCUT2D eigenvalue weighted by atomic mass is 16.5. The lowest BCUT2D eigenvalue weighted by atomic mass is 10.1. The molecule has 2 heterocycles. The van der Waals surface area contributed by atoms with E-state index in [2.05, 4.69) is 5.10 Å². The summed E-state index contributed by atoms with van der Waals surface area (Å²) in [6.07, 6.45) is 3.59. The zero-order chi connectivity index (χ0) is 17.8. The minimum absolute atomic E-state index is 0.104. The van der Waals surface area contributed by atoms with Crippen LogP contribution in [0.15, 0.2) is 29.4 Å². The third kappa shape index (κ3) is 3.33. The number of rotatable bonds is 3. The van der Waals surface area contributed by atoms with E-state index in [1.807, 2.05) is 6.07 Å². The van der Waals surface area contributed by atoms with E-state index in [4.69, 9.17) is 4.74 Å². The van der Waals surface area contributed by atoms with Crippen LogP contribution in [0.3, 0.4) is 0 Å².